The molecule has 2 aromatic carbocycles. The third-order valence-corrected chi connectivity index (χ3v) is 4.42. The molecule has 0 aliphatic heterocycles. The Hall–Kier alpha value is -3.19. The fraction of sp³-hybridized carbons (Fsp3) is 0. The second-order valence-electron chi connectivity index (χ2n) is 5.31. The van der Waals surface area contributed by atoms with E-state index >= 15 is 0 Å². The van der Waals surface area contributed by atoms with Crippen LogP contribution in [-0.2, 0) is 0 Å². The van der Waals surface area contributed by atoms with Crippen LogP contribution in [0.2, 0.25) is 0 Å². The summed E-state index contributed by atoms with van der Waals surface area (Å²) < 4.78 is 13.5. The van der Waals surface area contributed by atoms with Crippen LogP contribution < -0.4 is 11.1 Å². The molecule has 0 saturated heterocycles. The van der Waals surface area contributed by atoms with Gasteiger partial charge in [-0.2, -0.15) is 0 Å². The fourth-order valence-electron chi connectivity index (χ4n) is 2.20. The molecule has 0 bridgehead atoms. The molecule has 130 valence electrons. The molecule has 0 aliphatic rings. The van der Waals surface area contributed by atoms with E-state index in [1.807, 2.05) is 30.3 Å². The van der Waals surface area contributed by atoms with Gasteiger partial charge in [0.25, 0.3) is 11.8 Å². The number of nitrogens with zero attached hydrogens (tertiary/aromatic N) is 1. The van der Waals surface area contributed by atoms with Gasteiger partial charge in [-0.25, -0.2) is 9.37 Å². The second kappa shape index (κ2) is 7.79. The highest BCUT2D eigenvalue weighted by Crippen LogP contribution is 2.26. The predicted molar refractivity (Wildman–Crippen MR) is 97.7 cm³/mol. The average Bonchev–Trinajstić information content (AvgIpc) is 2.64. The lowest BCUT2D eigenvalue weighted by Crippen LogP contribution is -2.16. The SMILES string of the molecule is NC(=O)c1cc(NC(=O)c2ccc(Sc3ccccn3)cc2)ccc1F. The fourth-order valence-corrected chi connectivity index (χ4v) is 2.97. The first-order valence-electron chi connectivity index (χ1n) is 7.62. The first-order valence-corrected chi connectivity index (χ1v) is 8.44. The third-order valence-electron chi connectivity index (χ3n) is 3.47. The topological polar surface area (TPSA) is 85.1 Å². The molecule has 0 saturated carbocycles. The molecule has 7 heteroatoms. The Balaban J connectivity index is 1.70. The van der Waals surface area contributed by atoms with Gasteiger partial charge in [0.1, 0.15) is 10.8 Å². The molecule has 0 unspecified atom stereocenters. The Kier molecular flexibility index (Phi) is 5.28. The van der Waals surface area contributed by atoms with E-state index in [2.05, 4.69) is 10.3 Å². The number of hydrogen-bond donors (Lipinski definition) is 2. The van der Waals surface area contributed by atoms with Gasteiger partial charge in [0.2, 0.25) is 0 Å². The van der Waals surface area contributed by atoms with Crippen molar-refractivity contribution in [3.8, 4) is 0 Å². The lowest BCUT2D eigenvalue weighted by atomic mass is 10.1. The maximum absolute atomic E-state index is 13.5. The summed E-state index contributed by atoms with van der Waals surface area (Å²) >= 11 is 1.48. The predicted octanol–water partition coefficient (Wildman–Crippen LogP) is 3.72. The Labute approximate surface area is 153 Å². The maximum atomic E-state index is 13.5. The standard InChI is InChI=1S/C19H14FN3O2S/c20-16-9-6-13(11-15(16)18(21)24)23-19(25)12-4-7-14(8-5-12)26-17-3-1-2-10-22-17/h1-11H,(H2,21,24)(H,23,25). The number of primary amides is 1. The second-order valence-corrected chi connectivity index (χ2v) is 6.40. The third kappa shape index (κ3) is 4.25. The highest BCUT2D eigenvalue weighted by atomic mass is 32.2. The molecule has 5 nitrogen and oxygen atoms in total. The molecular weight excluding hydrogens is 353 g/mol. The molecule has 0 fully saturated rings. The van der Waals surface area contributed by atoms with Gasteiger partial charge in [0.05, 0.1) is 5.56 Å². The lowest BCUT2D eigenvalue weighted by Gasteiger charge is -2.08. The quantitative estimate of drug-likeness (QED) is 0.720. The summed E-state index contributed by atoms with van der Waals surface area (Å²) in [6, 6.07) is 16.3. The van der Waals surface area contributed by atoms with Gasteiger partial charge >= 0.3 is 0 Å². The highest BCUT2D eigenvalue weighted by Gasteiger charge is 2.12. The van der Waals surface area contributed by atoms with Crippen molar-refractivity contribution in [1.82, 2.24) is 4.98 Å². The molecule has 3 aromatic rings. The van der Waals surface area contributed by atoms with Crippen molar-refractivity contribution in [2.75, 3.05) is 5.32 Å². The van der Waals surface area contributed by atoms with Crippen molar-refractivity contribution in [3.63, 3.8) is 0 Å². The zero-order valence-electron chi connectivity index (χ0n) is 13.5. The van der Waals surface area contributed by atoms with Gasteiger partial charge in [-0.1, -0.05) is 17.8 Å². The monoisotopic (exact) mass is 367 g/mol. The maximum Gasteiger partial charge on any atom is 0.255 e. The summed E-state index contributed by atoms with van der Waals surface area (Å²) in [5, 5.41) is 3.47. The largest absolute Gasteiger partial charge is 0.366 e. The number of nitrogens with two attached hydrogens (primary N) is 1. The summed E-state index contributed by atoms with van der Waals surface area (Å²) in [6.45, 7) is 0. The summed E-state index contributed by atoms with van der Waals surface area (Å²) in [5.74, 6) is -2.00. The molecule has 3 N–H and O–H groups in total. The number of aromatic nitrogens is 1. The lowest BCUT2D eigenvalue weighted by molar-refractivity contribution is 0.0992. The van der Waals surface area contributed by atoms with E-state index in [1.165, 1.54) is 23.9 Å². The number of pyridine rings is 1. The summed E-state index contributed by atoms with van der Waals surface area (Å²) in [5.41, 5.74) is 5.55. The first-order chi connectivity index (χ1) is 12.5. The van der Waals surface area contributed by atoms with Crippen LogP contribution in [0.3, 0.4) is 0 Å². The van der Waals surface area contributed by atoms with Gasteiger partial charge in [-0.15, -0.1) is 0 Å². The summed E-state index contributed by atoms with van der Waals surface area (Å²) in [4.78, 5) is 28.7. The minimum Gasteiger partial charge on any atom is -0.366 e. The van der Waals surface area contributed by atoms with E-state index in [0.717, 1.165) is 16.0 Å². The molecule has 0 radical (unpaired) electrons. The van der Waals surface area contributed by atoms with E-state index in [4.69, 9.17) is 5.73 Å². The van der Waals surface area contributed by atoms with E-state index in [0.29, 0.717) is 5.56 Å². The van der Waals surface area contributed by atoms with Crippen molar-refractivity contribution in [2.45, 2.75) is 9.92 Å². The van der Waals surface area contributed by atoms with Crippen LogP contribution in [0.1, 0.15) is 20.7 Å². The van der Waals surface area contributed by atoms with Crippen molar-refractivity contribution >= 4 is 29.3 Å². The van der Waals surface area contributed by atoms with Crippen LogP contribution in [0.5, 0.6) is 0 Å². The molecule has 0 spiro atoms. The molecule has 26 heavy (non-hydrogen) atoms. The number of hydrogen-bond acceptors (Lipinski definition) is 4. The molecule has 3 rings (SSSR count). The number of carbonyl (C=O) groups is 2. The van der Waals surface area contributed by atoms with Gasteiger partial charge in [-0.3, -0.25) is 9.59 Å². The highest BCUT2D eigenvalue weighted by molar-refractivity contribution is 7.99. The van der Waals surface area contributed by atoms with Crippen LogP contribution in [-0.4, -0.2) is 16.8 Å². The summed E-state index contributed by atoms with van der Waals surface area (Å²) in [7, 11) is 0. The molecule has 1 heterocycles. The number of anilines is 1. The van der Waals surface area contributed by atoms with E-state index in [1.54, 1.807) is 18.3 Å². The van der Waals surface area contributed by atoms with Crippen molar-refractivity contribution < 1.29 is 14.0 Å². The Morgan fingerprint density at radius 2 is 1.81 bits per heavy atom. The van der Waals surface area contributed by atoms with E-state index in [9.17, 15) is 14.0 Å². The molecule has 0 aliphatic carbocycles. The van der Waals surface area contributed by atoms with Gasteiger partial charge in [-0.05, 0) is 54.6 Å². The molecule has 0 atom stereocenters. The van der Waals surface area contributed by atoms with Gasteiger partial charge < -0.3 is 11.1 Å². The molecular formula is C19H14FN3O2S. The number of halogens is 1. The van der Waals surface area contributed by atoms with E-state index < -0.39 is 11.7 Å². The average molecular weight is 367 g/mol. The minimum atomic E-state index is -0.894. The zero-order chi connectivity index (χ0) is 18.5. The van der Waals surface area contributed by atoms with Crippen LogP contribution in [0.15, 0.2) is 76.8 Å². The number of benzene rings is 2. The molecule has 1 aromatic heterocycles. The van der Waals surface area contributed by atoms with Gasteiger partial charge in [0, 0.05) is 22.3 Å². The Morgan fingerprint density at radius 1 is 1.04 bits per heavy atom. The van der Waals surface area contributed by atoms with Crippen LogP contribution in [0.25, 0.3) is 0 Å². The normalized spacial score (nSPS) is 10.3. The zero-order valence-corrected chi connectivity index (χ0v) is 14.3. The number of rotatable bonds is 5. The van der Waals surface area contributed by atoms with Crippen LogP contribution in [0.4, 0.5) is 10.1 Å². The number of carbonyl (C=O) groups excluding carboxylic acids is 2. The Bertz CT molecular complexity index is 947. The Morgan fingerprint density at radius 3 is 2.46 bits per heavy atom. The van der Waals surface area contributed by atoms with Crippen molar-refractivity contribution in [2.24, 2.45) is 5.73 Å². The number of amides is 2. The van der Waals surface area contributed by atoms with Gasteiger partial charge in [0.15, 0.2) is 0 Å². The minimum absolute atomic E-state index is 0.273. The van der Waals surface area contributed by atoms with Crippen LogP contribution in [0, 0.1) is 5.82 Å². The first kappa shape index (κ1) is 17.6. The number of nitrogens with one attached hydrogen (secondary N) is 1. The van der Waals surface area contributed by atoms with Crippen molar-refractivity contribution in [1.29, 1.82) is 0 Å². The smallest absolute Gasteiger partial charge is 0.255 e. The van der Waals surface area contributed by atoms with E-state index in [-0.39, 0.29) is 17.2 Å². The van der Waals surface area contributed by atoms with Crippen LogP contribution >= 0.6 is 11.8 Å². The summed E-state index contributed by atoms with van der Waals surface area (Å²) in [6.07, 6.45) is 1.72. The molecule has 2 amide bonds. The van der Waals surface area contributed by atoms with Crippen molar-refractivity contribution in [3.05, 3.63) is 83.8 Å².